The van der Waals surface area contributed by atoms with Gasteiger partial charge in [0.05, 0.1) is 7.11 Å². The predicted octanol–water partition coefficient (Wildman–Crippen LogP) is -2.70. The fourth-order valence-corrected chi connectivity index (χ4v) is 0. The van der Waals surface area contributed by atoms with Crippen molar-refractivity contribution in [3.63, 3.8) is 0 Å². The molecule has 0 unspecified atom stereocenters. The van der Waals surface area contributed by atoms with Gasteiger partial charge in [0.1, 0.15) is 0 Å². The van der Waals surface area contributed by atoms with Crippen molar-refractivity contribution in [2.45, 2.75) is 6.92 Å². The second-order valence-electron chi connectivity index (χ2n) is 0.696. The smallest absolute Gasteiger partial charge is 1.00 e. The molecule has 0 atom stereocenters. The van der Waals surface area contributed by atoms with E-state index in [2.05, 4.69) is 4.74 Å². The molecule has 0 N–H and O–H groups in total. The van der Waals surface area contributed by atoms with Crippen LogP contribution in [0.1, 0.15) is 8.35 Å². The molecule has 0 amide bonds. The Kier molecular flexibility index (Phi) is 8.83. The molecule has 0 heterocycles. The topological polar surface area (TPSA) is 26.3 Å². The van der Waals surface area contributed by atoms with Crippen LogP contribution in [0.25, 0.3) is 0 Å². The molecule has 0 aromatic heterocycles. The zero-order chi connectivity index (χ0) is 4.28. The number of rotatable bonds is 0. The number of esters is 1. The molecule has 32 valence electrons. The van der Waals surface area contributed by atoms with Gasteiger partial charge in [-0.3, -0.25) is 4.79 Å². The van der Waals surface area contributed by atoms with Crippen molar-refractivity contribution < 1.29 is 40.5 Å². The minimum absolute atomic E-state index is 0. The van der Waals surface area contributed by atoms with E-state index in [9.17, 15) is 4.79 Å². The summed E-state index contributed by atoms with van der Waals surface area (Å²) in [5.74, 6) is -0.245. The SMILES string of the molecule is COC(C)=O.[H-].[Na+]. The van der Waals surface area contributed by atoms with Crippen LogP contribution in [0.15, 0.2) is 0 Å². The van der Waals surface area contributed by atoms with Crippen molar-refractivity contribution in [1.29, 1.82) is 0 Å². The van der Waals surface area contributed by atoms with E-state index in [1.165, 1.54) is 14.0 Å². The fourth-order valence-electron chi connectivity index (χ4n) is 0. The second-order valence-corrected chi connectivity index (χ2v) is 0.696. The van der Waals surface area contributed by atoms with Crippen LogP contribution < -0.4 is 29.6 Å². The maximum Gasteiger partial charge on any atom is 1.00 e. The number of carbonyl (C=O) groups is 1. The quantitative estimate of drug-likeness (QED) is 0.243. The van der Waals surface area contributed by atoms with Crippen molar-refractivity contribution in [1.82, 2.24) is 0 Å². The van der Waals surface area contributed by atoms with Gasteiger partial charge in [-0.25, -0.2) is 0 Å². The average molecular weight is 98.1 g/mol. The van der Waals surface area contributed by atoms with Crippen LogP contribution >= 0.6 is 0 Å². The average Bonchev–Trinajstić information content (AvgIpc) is 1.38. The molecule has 0 aromatic carbocycles. The molecule has 0 saturated heterocycles. The summed E-state index contributed by atoms with van der Waals surface area (Å²) in [5, 5.41) is 0. The zero-order valence-electron chi connectivity index (χ0n) is 5.32. The molecule has 0 spiro atoms. The first-order valence-corrected chi connectivity index (χ1v) is 1.32. The molecule has 0 bridgehead atoms. The van der Waals surface area contributed by atoms with Gasteiger partial charge in [0.15, 0.2) is 0 Å². The van der Waals surface area contributed by atoms with E-state index >= 15 is 0 Å². The predicted molar refractivity (Wildman–Crippen MR) is 18.8 cm³/mol. The first-order valence-electron chi connectivity index (χ1n) is 1.32. The number of methoxy groups -OCH3 is 1. The van der Waals surface area contributed by atoms with Crippen molar-refractivity contribution >= 4 is 5.97 Å². The Labute approximate surface area is 60.6 Å². The van der Waals surface area contributed by atoms with E-state index in [1.54, 1.807) is 0 Å². The van der Waals surface area contributed by atoms with E-state index in [4.69, 9.17) is 0 Å². The van der Waals surface area contributed by atoms with E-state index in [0.29, 0.717) is 0 Å². The Morgan fingerprint density at radius 2 is 2.00 bits per heavy atom. The third-order valence-corrected chi connectivity index (χ3v) is 0.287. The minimum Gasteiger partial charge on any atom is -1.00 e. The first-order chi connectivity index (χ1) is 2.27. The third-order valence-electron chi connectivity index (χ3n) is 0.287. The van der Waals surface area contributed by atoms with Gasteiger partial charge in [-0.05, 0) is 0 Å². The largest absolute Gasteiger partial charge is 1.00 e. The van der Waals surface area contributed by atoms with Gasteiger partial charge < -0.3 is 6.16 Å². The summed E-state index contributed by atoms with van der Waals surface area (Å²) in [6, 6.07) is 0. The van der Waals surface area contributed by atoms with E-state index in [1.807, 2.05) is 0 Å². The van der Waals surface area contributed by atoms with Gasteiger partial charge >= 0.3 is 35.5 Å². The maximum absolute atomic E-state index is 9.59. The van der Waals surface area contributed by atoms with Crippen molar-refractivity contribution in [3.05, 3.63) is 0 Å². The molecule has 0 aliphatic carbocycles. The van der Waals surface area contributed by atoms with E-state index < -0.39 is 0 Å². The first kappa shape index (κ1) is 9.69. The molecular formula is C3H7NaO2. The van der Waals surface area contributed by atoms with Crippen LogP contribution in [-0.2, 0) is 9.53 Å². The van der Waals surface area contributed by atoms with Gasteiger partial charge in [0.2, 0.25) is 0 Å². The van der Waals surface area contributed by atoms with Crippen LogP contribution in [0.3, 0.4) is 0 Å². The summed E-state index contributed by atoms with van der Waals surface area (Å²) in [7, 11) is 1.35. The van der Waals surface area contributed by atoms with Gasteiger partial charge in [-0.2, -0.15) is 0 Å². The maximum atomic E-state index is 9.59. The summed E-state index contributed by atoms with van der Waals surface area (Å²) in [6.45, 7) is 1.36. The minimum atomic E-state index is -0.245. The number of hydrogen-bond acceptors (Lipinski definition) is 2. The van der Waals surface area contributed by atoms with Crippen LogP contribution in [-0.4, -0.2) is 13.1 Å². The van der Waals surface area contributed by atoms with E-state index in [0.717, 1.165) is 0 Å². The molecule has 0 saturated carbocycles. The molecule has 3 heteroatoms. The molecule has 0 aromatic rings. The summed E-state index contributed by atoms with van der Waals surface area (Å²) < 4.78 is 4.11. The van der Waals surface area contributed by atoms with Gasteiger partial charge in [-0.1, -0.05) is 0 Å². The summed E-state index contributed by atoms with van der Waals surface area (Å²) in [6.07, 6.45) is 0. The molecule has 0 fully saturated rings. The Morgan fingerprint density at radius 1 is 1.83 bits per heavy atom. The molecule has 2 nitrogen and oxygen atoms in total. The van der Waals surface area contributed by atoms with Crippen LogP contribution in [0.5, 0.6) is 0 Å². The Morgan fingerprint density at radius 3 is 2.00 bits per heavy atom. The van der Waals surface area contributed by atoms with Crippen LogP contribution in [0, 0.1) is 0 Å². The number of hydrogen-bond donors (Lipinski definition) is 0. The van der Waals surface area contributed by atoms with Crippen molar-refractivity contribution in [2.24, 2.45) is 0 Å². The molecule has 0 aliphatic heterocycles. The molecule has 6 heavy (non-hydrogen) atoms. The van der Waals surface area contributed by atoms with Crippen LogP contribution in [0.2, 0.25) is 0 Å². The summed E-state index contributed by atoms with van der Waals surface area (Å²) >= 11 is 0. The third kappa shape index (κ3) is 8.82. The Hall–Kier alpha value is 0.470. The number of ether oxygens (including phenoxy) is 1. The summed E-state index contributed by atoms with van der Waals surface area (Å²) in [5.41, 5.74) is 0. The van der Waals surface area contributed by atoms with Crippen molar-refractivity contribution in [2.75, 3.05) is 7.11 Å². The monoisotopic (exact) mass is 98.0 g/mol. The van der Waals surface area contributed by atoms with Crippen molar-refractivity contribution in [3.8, 4) is 0 Å². The molecular weight excluding hydrogens is 91.0 g/mol. The standard InChI is InChI=1S/C3H6O2.Na.H/c1-3(4)5-2;;/h1-2H3;;/q;+1;-1. The van der Waals surface area contributed by atoms with Gasteiger partial charge in [0.25, 0.3) is 0 Å². The van der Waals surface area contributed by atoms with Gasteiger partial charge in [0, 0.05) is 6.92 Å². The summed E-state index contributed by atoms with van der Waals surface area (Å²) in [4.78, 5) is 9.59. The Balaban J connectivity index is -0.0000000800. The Bertz CT molecular complexity index is 48.2. The second kappa shape index (κ2) is 5.47. The van der Waals surface area contributed by atoms with E-state index in [-0.39, 0.29) is 37.0 Å². The fraction of sp³-hybridized carbons (Fsp3) is 0.667. The normalized spacial score (nSPS) is 5.67. The molecule has 0 aliphatic rings. The van der Waals surface area contributed by atoms with Crippen LogP contribution in [0.4, 0.5) is 0 Å². The zero-order valence-corrected chi connectivity index (χ0v) is 6.32. The molecule has 0 rings (SSSR count). The van der Waals surface area contributed by atoms with Gasteiger partial charge in [-0.15, -0.1) is 0 Å². The number of carbonyl (C=O) groups excluding carboxylic acids is 1. The molecule has 0 radical (unpaired) electrons.